The first-order valence-electron chi connectivity index (χ1n) is 11.2. The first-order chi connectivity index (χ1) is 12.4. The maximum Gasteiger partial charge on any atom is 0.120 e. The molecular weight excluding hydrogens is 320 g/mol. The second-order valence-electron chi connectivity index (χ2n) is 10.6. The van der Waals surface area contributed by atoms with Crippen LogP contribution in [0.3, 0.4) is 0 Å². The smallest absolute Gasteiger partial charge is 0.120 e. The van der Waals surface area contributed by atoms with Crippen molar-refractivity contribution in [3.63, 3.8) is 0 Å². The molecule has 0 aromatic heterocycles. The molecule has 3 saturated carbocycles. The quantitative estimate of drug-likeness (QED) is 0.529. The van der Waals surface area contributed by atoms with E-state index in [9.17, 15) is 9.90 Å². The van der Waals surface area contributed by atoms with E-state index >= 15 is 0 Å². The van der Waals surface area contributed by atoms with E-state index in [0.717, 1.165) is 55.6 Å². The highest BCUT2D eigenvalue weighted by Crippen LogP contribution is 2.67. The van der Waals surface area contributed by atoms with E-state index in [-0.39, 0.29) is 6.10 Å². The molecule has 26 heavy (non-hydrogen) atoms. The van der Waals surface area contributed by atoms with Gasteiger partial charge < -0.3 is 9.90 Å². The van der Waals surface area contributed by atoms with Gasteiger partial charge in [-0.1, -0.05) is 32.4 Å². The van der Waals surface area contributed by atoms with E-state index in [1.165, 1.54) is 38.5 Å². The van der Waals surface area contributed by atoms with Crippen molar-refractivity contribution in [1.82, 2.24) is 0 Å². The molecule has 1 unspecified atom stereocenters. The Balaban J connectivity index is 1.57. The van der Waals surface area contributed by atoms with Crippen LogP contribution in [0.1, 0.15) is 85.0 Å². The van der Waals surface area contributed by atoms with E-state index < -0.39 is 0 Å². The van der Waals surface area contributed by atoms with Gasteiger partial charge in [0, 0.05) is 6.42 Å². The van der Waals surface area contributed by atoms with Crippen molar-refractivity contribution >= 4 is 6.29 Å². The van der Waals surface area contributed by atoms with Gasteiger partial charge in [-0.2, -0.15) is 0 Å². The minimum atomic E-state index is -0.103. The van der Waals surface area contributed by atoms with Crippen molar-refractivity contribution in [3.8, 4) is 0 Å². The maximum absolute atomic E-state index is 10.8. The summed E-state index contributed by atoms with van der Waals surface area (Å²) in [6.07, 6.45) is 15.2. The summed E-state index contributed by atoms with van der Waals surface area (Å²) >= 11 is 0. The van der Waals surface area contributed by atoms with E-state index in [0.29, 0.717) is 16.7 Å². The molecule has 0 aromatic carbocycles. The Labute approximate surface area is 159 Å². The molecule has 146 valence electrons. The molecule has 0 bridgehead atoms. The largest absolute Gasteiger partial charge is 0.393 e. The lowest BCUT2D eigenvalue weighted by Gasteiger charge is -2.58. The molecule has 0 amide bonds. The van der Waals surface area contributed by atoms with Crippen LogP contribution < -0.4 is 0 Å². The van der Waals surface area contributed by atoms with E-state index in [2.05, 4.69) is 26.8 Å². The van der Waals surface area contributed by atoms with Gasteiger partial charge in [0.05, 0.1) is 6.10 Å². The predicted octanol–water partition coefficient (Wildman–Crippen LogP) is 5.54. The molecule has 2 nitrogen and oxygen atoms in total. The average Bonchev–Trinajstić information content (AvgIpc) is 2.97. The van der Waals surface area contributed by atoms with Crippen LogP contribution in [0.4, 0.5) is 0 Å². The van der Waals surface area contributed by atoms with Crippen LogP contribution >= 0.6 is 0 Å². The molecule has 0 spiro atoms. The zero-order valence-corrected chi connectivity index (χ0v) is 17.0. The topological polar surface area (TPSA) is 37.3 Å². The van der Waals surface area contributed by atoms with Crippen LogP contribution in [0, 0.1) is 40.4 Å². The van der Waals surface area contributed by atoms with Gasteiger partial charge in [-0.25, -0.2) is 0 Å². The minimum Gasteiger partial charge on any atom is -0.393 e. The van der Waals surface area contributed by atoms with Gasteiger partial charge in [0.25, 0.3) is 0 Å². The number of aliphatic hydroxyl groups excluding tert-OH is 1. The summed E-state index contributed by atoms with van der Waals surface area (Å²) in [6.45, 7) is 7.51. The normalized spacial score (nSPS) is 48.8. The van der Waals surface area contributed by atoms with Crippen molar-refractivity contribution < 1.29 is 9.90 Å². The van der Waals surface area contributed by atoms with Gasteiger partial charge in [0.1, 0.15) is 6.29 Å². The van der Waals surface area contributed by atoms with Crippen LogP contribution in [-0.4, -0.2) is 17.5 Å². The lowest BCUT2D eigenvalue weighted by atomic mass is 9.47. The highest BCUT2D eigenvalue weighted by atomic mass is 16.3. The Bertz CT molecular complexity index is 581. The number of aldehydes is 1. The van der Waals surface area contributed by atoms with E-state index in [1.807, 2.05) is 0 Å². The van der Waals surface area contributed by atoms with Crippen LogP contribution in [-0.2, 0) is 4.79 Å². The highest BCUT2D eigenvalue weighted by Gasteiger charge is 2.58. The van der Waals surface area contributed by atoms with Crippen molar-refractivity contribution in [1.29, 1.82) is 0 Å². The zero-order valence-electron chi connectivity index (χ0n) is 17.0. The molecule has 0 aromatic rings. The van der Waals surface area contributed by atoms with Gasteiger partial charge in [0.2, 0.25) is 0 Å². The van der Waals surface area contributed by atoms with Crippen LogP contribution in [0.2, 0.25) is 0 Å². The van der Waals surface area contributed by atoms with Gasteiger partial charge >= 0.3 is 0 Å². The predicted molar refractivity (Wildman–Crippen MR) is 106 cm³/mol. The third-order valence-corrected chi connectivity index (χ3v) is 9.58. The van der Waals surface area contributed by atoms with E-state index in [1.54, 1.807) is 5.57 Å². The summed E-state index contributed by atoms with van der Waals surface area (Å²) < 4.78 is 0. The first kappa shape index (κ1) is 18.7. The summed E-state index contributed by atoms with van der Waals surface area (Å²) in [5.41, 5.74) is 2.42. The third-order valence-electron chi connectivity index (χ3n) is 9.58. The van der Waals surface area contributed by atoms with Crippen LogP contribution in [0.5, 0.6) is 0 Å². The van der Waals surface area contributed by atoms with Gasteiger partial charge in [-0.05, 0) is 98.2 Å². The summed E-state index contributed by atoms with van der Waals surface area (Å²) in [5, 5.41) is 10.2. The second kappa shape index (κ2) is 6.76. The summed E-state index contributed by atoms with van der Waals surface area (Å²) in [5.74, 6) is 4.03. The zero-order chi connectivity index (χ0) is 18.5. The Hall–Kier alpha value is -0.630. The Morgan fingerprint density at radius 2 is 2.00 bits per heavy atom. The molecule has 4 rings (SSSR count). The van der Waals surface area contributed by atoms with Crippen molar-refractivity contribution in [2.24, 2.45) is 40.4 Å². The maximum atomic E-state index is 10.8. The highest BCUT2D eigenvalue weighted by molar-refractivity contribution is 5.49. The summed E-state index contributed by atoms with van der Waals surface area (Å²) in [4.78, 5) is 10.8. The first-order valence-corrected chi connectivity index (χ1v) is 11.2. The van der Waals surface area contributed by atoms with Crippen molar-refractivity contribution in [3.05, 3.63) is 11.6 Å². The van der Waals surface area contributed by atoms with Gasteiger partial charge in [0.15, 0.2) is 0 Å². The minimum absolute atomic E-state index is 0.103. The number of allylic oxidation sites excluding steroid dienone is 1. The molecule has 3 fully saturated rings. The molecular formula is C24H38O2. The van der Waals surface area contributed by atoms with Crippen molar-refractivity contribution in [2.45, 2.75) is 91.1 Å². The monoisotopic (exact) mass is 358 g/mol. The number of carbonyl (C=O) groups is 1. The molecule has 1 N–H and O–H groups in total. The number of aliphatic hydroxyl groups is 1. The summed E-state index contributed by atoms with van der Waals surface area (Å²) in [7, 11) is 0. The standard InChI is InChI=1S/C24H38O2/c1-16(5-4-14-25)20-8-9-21-19-7-6-17-15-18(26)10-12-23(17,2)22(19)11-13-24(20,21)3/h6,14,16,18-22,26H,4-5,7-13,15H2,1-3H3/t16-,18?,19+,20-,21+,22+,23+,24-/m1/s1. The third kappa shape index (κ3) is 2.74. The number of hydrogen-bond acceptors (Lipinski definition) is 2. The van der Waals surface area contributed by atoms with Crippen LogP contribution in [0.25, 0.3) is 0 Å². The van der Waals surface area contributed by atoms with Gasteiger partial charge in [-0.15, -0.1) is 0 Å². The second-order valence-corrected chi connectivity index (χ2v) is 10.6. The van der Waals surface area contributed by atoms with E-state index in [4.69, 9.17) is 0 Å². The number of hydrogen-bond donors (Lipinski definition) is 1. The summed E-state index contributed by atoms with van der Waals surface area (Å²) in [6, 6.07) is 0. The Kier molecular flexibility index (Phi) is 4.87. The molecule has 0 radical (unpaired) electrons. The number of rotatable bonds is 4. The van der Waals surface area contributed by atoms with Crippen molar-refractivity contribution in [2.75, 3.05) is 0 Å². The number of fused-ring (bicyclic) bond motifs is 5. The fourth-order valence-corrected chi connectivity index (χ4v) is 8.15. The SMILES string of the molecule is C[C@H](CCC=O)[C@H]1CC[C@H]2[C@@H]3CC=C4CC(O)CC[C@]4(C)[C@H]3CC[C@]12C. The van der Waals surface area contributed by atoms with Crippen LogP contribution in [0.15, 0.2) is 11.6 Å². The lowest BCUT2D eigenvalue weighted by Crippen LogP contribution is -2.50. The Morgan fingerprint density at radius 1 is 1.19 bits per heavy atom. The number of carbonyl (C=O) groups excluding carboxylic acids is 1. The fraction of sp³-hybridized carbons (Fsp3) is 0.875. The molecule has 8 atom stereocenters. The molecule has 4 aliphatic rings. The lowest BCUT2D eigenvalue weighted by molar-refractivity contribution is -0.108. The molecule has 2 heteroatoms. The molecule has 0 aliphatic heterocycles. The van der Waals surface area contributed by atoms with Gasteiger partial charge in [-0.3, -0.25) is 0 Å². The molecule has 0 heterocycles. The Morgan fingerprint density at radius 3 is 2.77 bits per heavy atom. The molecule has 4 aliphatic carbocycles. The fourth-order valence-electron chi connectivity index (χ4n) is 8.15. The molecule has 0 saturated heterocycles. The average molecular weight is 359 g/mol.